The standard InChI is InChI=1S/C24H27NO2/c1-19-7-6-8-21(15-19)17-25(16-20-11-13-23(27-2)14-12-20)18-24(26)22-9-4-3-5-10-22/h3-15,24,26H,16-18H2,1-2H3/t24-/m0/s1. The molecule has 27 heavy (non-hydrogen) atoms. The molecule has 0 spiro atoms. The molecular weight excluding hydrogens is 334 g/mol. The van der Waals surface area contributed by atoms with Crippen molar-refractivity contribution in [3.8, 4) is 5.75 Å². The number of hydrogen-bond donors (Lipinski definition) is 1. The van der Waals surface area contributed by atoms with Gasteiger partial charge in [-0.1, -0.05) is 72.3 Å². The van der Waals surface area contributed by atoms with Gasteiger partial charge in [0.1, 0.15) is 5.75 Å². The molecule has 0 amide bonds. The molecule has 3 aromatic carbocycles. The van der Waals surface area contributed by atoms with Crippen molar-refractivity contribution >= 4 is 0 Å². The van der Waals surface area contributed by atoms with Crippen LogP contribution in [0.3, 0.4) is 0 Å². The molecule has 3 rings (SSSR count). The summed E-state index contributed by atoms with van der Waals surface area (Å²) in [5.74, 6) is 0.855. The molecule has 0 bridgehead atoms. The second kappa shape index (κ2) is 9.36. The third kappa shape index (κ3) is 5.68. The molecule has 1 N–H and O–H groups in total. The Hall–Kier alpha value is -2.62. The van der Waals surface area contributed by atoms with E-state index in [1.54, 1.807) is 7.11 Å². The van der Waals surface area contributed by atoms with Crippen molar-refractivity contribution in [2.75, 3.05) is 13.7 Å². The molecule has 0 radical (unpaired) electrons. The van der Waals surface area contributed by atoms with E-state index in [2.05, 4.69) is 48.2 Å². The number of hydrogen-bond acceptors (Lipinski definition) is 3. The largest absolute Gasteiger partial charge is 0.497 e. The average molecular weight is 361 g/mol. The van der Waals surface area contributed by atoms with Crippen LogP contribution in [0.2, 0.25) is 0 Å². The van der Waals surface area contributed by atoms with Crippen LogP contribution in [-0.2, 0) is 13.1 Å². The molecule has 0 aromatic heterocycles. The third-order valence-electron chi connectivity index (χ3n) is 4.67. The summed E-state index contributed by atoms with van der Waals surface area (Å²) < 4.78 is 5.25. The summed E-state index contributed by atoms with van der Waals surface area (Å²) in [5.41, 5.74) is 4.65. The number of methoxy groups -OCH3 is 1. The monoisotopic (exact) mass is 361 g/mol. The summed E-state index contributed by atoms with van der Waals surface area (Å²) >= 11 is 0. The van der Waals surface area contributed by atoms with E-state index in [0.717, 1.165) is 24.4 Å². The van der Waals surface area contributed by atoms with Gasteiger partial charge in [0.15, 0.2) is 0 Å². The van der Waals surface area contributed by atoms with E-state index >= 15 is 0 Å². The molecule has 0 fully saturated rings. The number of rotatable bonds is 8. The van der Waals surface area contributed by atoms with Crippen molar-refractivity contribution in [3.05, 3.63) is 101 Å². The fraction of sp³-hybridized carbons (Fsp3) is 0.250. The first kappa shape index (κ1) is 19.2. The Morgan fingerprint density at radius 2 is 1.56 bits per heavy atom. The van der Waals surface area contributed by atoms with Crippen LogP contribution in [-0.4, -0.2) is 23.7 Å². The van der Waals surface area contributed by atoms with Crippen LogP contribution in [0.1, 0.15) is 28.4 Å². The lowest BCUT2D eigenvalue weighted by Gasteiger charge is -2.26. The van der Waals surface area contributed by atoms with Crippen LogP contribution >= 0.6 is 0 Å². The number of aryl methyl sites for hydroxylation is 1. The maximum atomic E-state index is 10.7. The van der Waals surface area contributed by atoms with Gasteiger partial charge < -0.3 is 9.84 Å². The van der Waals surface area contributed by atoms with E-state index in [-0.39, 0.29) is 0 Å². The third-order valence-corrected chi connectivity index (χ3v) is 4.67. The topological polar surface area (TPSA) is 32.7 Å². The van der Waals surface area contributed by atoms with E-state index < -0.39 is 6.10 Å². The van der Waals surface area contributed by atoms with Crippen molar-refractivity contribution in [3.63, 3.8) is 0 Å². The van der Waals surface area contributed by atoms with E-state index in [1.807, 2.05) is 42.5 Å². The van der Waals surface area contributed by atoms with Gasteiger partial charge in [0, 0.05) is 19.6 Å². The number of ether oxygens (including phenoxy) is 1. The molecule has 0 aliphatic heterocycles. The van der Waals surface area contributed by atoms with E-state index in [0.29, 0.717) is 6.54 Å². The fourth-order valence-corrected chi connectivity index (χ4v) is 3.27. The second-order valence-corrected chi connectivity index (χ2v) is 6.93. The van der Waals surface area contributed by atoms with Crippen LogP contribution in [0, 0.1) is 6.92 Å². The maximum Gasteiger partial charge on any atom is 0.118 e. The predicted molar refractivity (Wildman–Crippen MR) is 110 cm³/mol. The minimum atomic E-state index is -0.519. The van der Waals surface area contributed by atoms with Crippen LogP contribution < -0.4 is 4.74 Å². The van der Waals surface area contributed by atoms with E-state index in [4.69, 9.17) is 4.74 Å². The first-order valence-corrected chi connectivity index (χ1v) is 9.28. The van der Waals surface area contributed by atoms with Gasteiger partial charge in [-0.2, -0.15) is 0 Å². The minimum Gasteiger partial charge on any atom is -0.497 e. The SMILES string of the molecule is COc1ccc(CN(Cc2cccc(C)c2)C[C@H](O)c2ccccc2)cc1. The van der Waals surface area contributed by atoms with E-state index in [1.165, 1.54) is 16.7 Å². The van der Waals surface area contributed by atoms with Gasteiger partial charge in [0.05, 0.1) is 13.2 Å². The van der Waals surface area contributed by atoms with Crippen molar-refractivity contribution < 1.29 is 9.84 Å². The van der Waals surface area contributed by atoms with Crippen molar-refractivity contribution in [2.45, 2.75) is 26.1 Å². The second-order valence-electron chi connectivity index (χ2n) is 6.93. The Kier molecular flexibility index (Phi) is 6.64. The van der Waals surface area contributed by atoms with Gasteiger partial charge in [0.2, 0.25) is 0 Å². The molecule has 3 heteroatoms. The van der Waals surface area contributed by atoms with Gasteiger partial charge in [-0.25, -0.2) is 0 Å². The lowest BCUT2D eigenvalue weighted by molar-refractivity contribution is 0.105. The Balaban J connectivity index is 1.76. The van der Waals surface area contributed by atoms with Crippen molar-refractivity contribution in [1.29, 1.82) is 0 Å². The molecule has 0 unspecified atom stereocenters. The van der Waals surface area contributed by atoms with Gasteiger partial charge >= 0.3 is 0 Å². The molecule has 140 valence electrons. The minimum absolute atomic E-state index is 0.519. The van der Waals surface area contributed by atoms with Crippen LogP contribution in [0.15, 0.2) is 78.9 Å². The predicted octanol–water partition coefficient (Wildman–Crippen LogP) is 4.74. The lowest BCUT2D eigenvalue weighted by atomic mass is 10.1. The molecule has 0 aliphatic carbocycles. The summed E-state index contributed by atoms with van der Waals surface area (Å²) in [5, 5.41) is 10.7. The van der Waals surface area contributed by atoms with Crippen LogP contribution in [0.5, 0.6) is 5.75 Å². The van der Waals surface area contributed by atoms with Crippen molar-refractivity contribution in [1.82, 2.24) is 4.90 Å². The van der Waals surface area contributed by atoms with Gasteiger partial charge in [-0.05, 0) is 35.7 Å². The Morgan fingerprint density at radius 1 is 0.852 bits per heavy atom. The first-order chi connectivity index (χ1) is 13.1. The molecule has 0 heterocycles. The first-order valence-electron chi connectivity index (χ1n) is 9.28. The quantitative estimate of drug-likeness (QED) is 0.629. The van der Waals surface area contributed by atoms with Crippen LogP contribution in [0.4, 0.5) is 0 Å². The highest BCUT2D eigenvalue weighted by Crippen LogP contribution is 2.19. The zero-order chi connectivity index (χ0) is 19.1. The highest BCUT2D eigenvalue weighted by molar-refractivity contribution is 5.28. The summed E-state index contributed by atoms with van der Waals surface area (Å²) in [4.78, 5) is 2.29. The summed E-state index contributed by atoms with van der Waals surface area (Å²) in [6.45, 7) is 4.24. The average Bonchev–Trinajstić information content (AvgIpc) is 2.69. The summed E-state index contributed by atoms with van der Waals surface area (Å²) in [7, 11) is 1.68. The molecule has 1 atom stereocenters. The maximum absolute atomic E-state index is 10.7. The molecular formula is C24H27NO2. The lowest BCUT2D eigenvalue weighted by Crippen LogP contribution is -2.28. The van der Waals surface area contributed by atoms with Gasteiger partial charge in [0.25, 0.3) is 0 Å². The van der Waals surface area contributed by atoms with Crippen LogP contribution in [0.25, 0.3) is 0 Å². The van der Waals surface area contributed by atoms with E-state index in [9.17, 15) is 5.11 Å². The fourth-order valence-electron chi connectivity index (χ4n) is 3.27. The summed E-state index contributed by atoms with van der Waals surface area (Å²) in [6.07, 6.45) is -0.519. The number of aliphatic hydroxyl groups is 1. The molecule has 0 aliphatic rings. The summed E-state index contributed by atoms with van der Waals surface area (Å²) in [6, 6.07) is 26.5. The Morgan fingerprint density at radius 3 is 2.22 bits per heavy atom. The smallest absolute Gasteiger partial charge is 0.118 e. The highest BCUT2D eigenvalue weighted by atomic mass is 16.5. The van der Waals surface area contributed by atoms with Gasteiger partial charge in [-0.15, -0.1) is 0 Å². The normalized spacial score (nSPS) is 12.1. The number of benzene rings is 3. The zero-order valence-electron chi connectivity index (χ0n) is 16.0. The Bertz CT molecular complexity index is 831. The molecule has 0 saturated carbocycles. The Labute approximate surface area is 161 Å². The highest BCUT2D eigenvalue weighted by Gasteiger charge is 2.15. The van der Waals surface area contributed by atoms with Crippen molar-refractivity contribution in [2.24, 2.45) is 0 Å². The molecule has 0 saturated heterocycles. The number of aliphatic hydroxyl groups excluding tert-OH is 1. The number of nitrogens with zero attached hydrogens (tertiary/aromatic N) is 1. The molecule has 3 nitrogen and oxygen atoms in total. The molecule has 3 aromatic rings. The zero-order valence-corrected chi connectivity index (χ0v) is 16.0. The van der Waals surface area contributed by atoms with Gasteiger partial charge in [-0.3, -0.25) is 4.90 Å².